The molecule has 21 heavy (non-hydrogen) atoms. The lowest BCUT2D eigenvalue weighted by molar-refractivity contribution is 0.703. The molecule has 0 aliphatic rings. The zero-order valence-corrected chi connectivity index (χ0v) is 12.7. The Balaban J connectivity index is 2.56. The minimum Gasteiger partial charge on any atom is -0.342 e. The summed E-state index contributed by atoms with van der Waals surface area (Å²) in [5.74, 6) is 0.610. The second kappa shape index (κ2) is 6.13. The Morgan fingerprint density at radius 2 is 1.95 bits per heavy atom. The molecule has 2 aromatic rings. The predicted octanol–water partition coefficient (Wildman–Crippen LogP) is -0.474. The van der Waals surface area contributed by atoms with E-state index in [4.69, 9.17) is 5.73 Å². The number of nitrogens with zero attached hydrogens (tertiary/aromatic N) is 4. The van der Waals surface area contributed by atoms with E-state index in [9.17, 15) is 9.59 Å². The molecule has 116 valence electrons. The van der Waals surface area contributed by atoms with Crippen molar-refractivity contribution in [2.24, 2.45) is 19.8 Å². The molecule has 0 unspecified atom stereocenters. The van der Waals surface area contributed by atoms with Gasteiger partial charge in [-0.3, -0.25) is 13.9 Å². The van der Waals surface area contributed by atoms with Crippen molar-refractivity contribution >= 4 is 17.1 Å². The molecule has 0 fully saturated rings. The van der Waals surface area contributed by atoms with Crippen LogP contribution < -0.4 is 21.9 Å². The third-order valence-corrected chi connectivity index (χ3v) is 3.51. The Bertz CT molecular complexity index is 741. The summed E-state index contributed by atoms with van der Waals surface area (Å²) in [5, 5.41) is 0. The van der Waals surface area contributed by atoms with E-state index < -0.39 is 0 Å². The molecule has 0 atom stereocenters. The van der Waals surface area contributed by atoms with Crippen LogP contribution in [0.5, 0.6) is 0 Å². The Hall–Kier alpha value is -2.09. The number of imidazole rings is 1. The van der Waals surface area contributed by atoms with E-state index in [0.29, 0.717) is 23.7 Å². The average molecular weight is 294 g/mol. The molecule has 0 saturated heterocycles. The molecular weight excluding hydrogens is 272 g/mol. The zero-order valence-electron chi connectivity index (χ0n) is 12.7. The Kier molecular flexibility index (Phi) is 4.46. The second-order valence-corrected chi connectivity index (χ2v) is 5.09. The summed E-state index contributed by atoms with van der Waals surface area (Å²) < 4.78 is 2.46. The van der Waals surface area contributed by atoms with E-state index in [-0.39, 0.29) is 11.2 Å². The fourth-order valence-electron chi connectivity index (χ4n) is 2.34. The van der Waals surface area contributed by atoms with E-state index >= 15 is 0 Å². The van der Waals surface area contributed by atoms with Crippen molar-refractivity contribution in [3.05, 3.63) is 20.8 Å². The summed E-state index contributed by atoms with van der Waals surface area (Å²) in [4.78, 5) is 33.6. The quantitative estimate of drug-likeness (QED) is 0.749. The smallest absolute Gasteiger partial charge is 0.332 e. The van der Waals surface area contributed by atoms with Crippen molar-refractivity contribution in [3.8, 4) is 0 Å². The topological polar surface area (TPSA) is 102 Å². The van der Waals surface area contributed by atoms with Crippen molar-refractivity contribution in [2.45, 2.75) is 19.8 Å². The summed E-state index contributed by atoms with van der Waals surface area (Å²) in [7, 11) is 3.07. The van der Waals surface area contributed by atoms with Crippen LogP contribution in [0, 0.1) is 0 Å². The van der Waals surface area contributed by atoms with E-state index in [1.165, 1.54) is 11.6 Å². The fraction of sp³-hybridized carbons (Fsp3) is 0.615. The molecule has 0 spiro atoms. The van der Waals surface area contributed by atoms with Gasteiger partial charge in [-0.15, -0.1) is 0 Å². The van der Waals surface area contributed by atoms with Gasteiger partial charge in [0.15, 0.2) is 11.2 Å². The maximum Gasteiger partial charge on any atom is 0.332 e. The number of aromatic nitrogens is 4. The number of fused-ring (bicyclic) bond motifs is 1. The minimum atomic E-state index is -0.380. The largest absolute Gasteiger partial charge is 0.342 e. The number of rotatable bonds is 6. The summed E-state index contributed by atoms with van der Waals surface area (Å²) in [6, 6.07) is 0. The molecule has 0 aliphatic heterocycles. The number of H-pyrrole nitrogens is 1. The Labute approximate surface area is 122 Å². The van der Waals surface area contributed by atoms with Crippen molar-refractivity contribution < 1.29 is 0 Å². The number of aryl methyl sites for hydroxylation is 1. The van der Waals surface area contributed by atoms with Crippen LogP contribution in [-0.2, 0) is 14.1 Å². The molecule has 8 heteroatoms. The van der Waals surface area contributed by atoms with Gasteiger partial charge < -0.3 is 15.6 Å². The van der Waals surface area contributed by atoms with E-state index in [1.54, 1.807) is 7.05 Å². The van der Waals surface area contributed by atoms with Gasteiger partial charge >= 0.3 is 5.69 Å². The summed E-state index contributed by atoms with van der Waals surface area (Å²) in [5.41, 5.74) is 5.55. The number of hydrogen-bond donors (Lipinski definition) is 2. The van der Waals surface area contributed by atoms with Gasteiger partial charge in [-0.2, -0.15) is 4.98 Å². The first-order chi connectivity index (χ1) is 10.0. The van der Waals surface area contributed by atoms with Crippen molar-refractivity contribution in [1.82, 2.24) is 19.1 Å². The predicted molar refractivity (Wildman–Crippen MR) is 82.8 cm³/mol. The average Bonchev–Trinajstić information content (AvgIpc) is 2.92. The first-order valence-electron chi connectivity index (χ1n) is 7.12. The molecule has 0 amide bonds. The normalized spacial score (nSPS) is 11.2. The molecule has 0 aliphatic carbocycles. The van der Waals surface area contributed by atoms with Gasteiger partial charge in [0.25, 0.3) is 5.56 Å². The van der Waals surface area contributed by atoms with Crippen LogP contribution >= 0.6 is 0 Å². The Morgan fingerprint density at radius 1 is 1.24 bits per heavy atom. The number of aromatic amines is 1. The van der Waals surface area contributed by atoms with Gasteiger partial charge in [-0.1, -0.05) is 6.92 Å². The van der Waals surface area contributed by atoms with Gasteiger partial charge in [0.1, 0.15) is 0 Å². The van der Waals surface area contributed by atoms with E-state index in [2.05, 4.69) is 21.8 Å². The van der Waals surface area contributed by atoms with Crippen molar-refractivity contribution in [1.29, 1.82) is 0 Å². The summed E-state index contributed by atoms with van der Waals surface area (Å²) in [6.07, 6.45) is 1.80. The first kappa shape index (κ1) is 15.3. The molecule has 2 aromatic heterocycles. The lowest BCUT2D eigenvalue weighted by atomic mass is 10.3. The van der Waals surface area contributed by atoms with Gasteiger partial charge in [-0.25, -0.2) is 4.79 Å². The third kappa shape index (κ3) is 2.71. The molecule has 0 radical (unpaired) electrons. The highest BCUT2D eigenvalue weighted by molar-refractivity contribution is 5.72. The van der Waals surface area contributed by atoms with Gasteiger partial charge in [0.05, 0.1) is 0 Å². The number of nitrogens with two attached hydrogens (primary N) is 1. The van der Waals surface area contributed by atoms with Crippen LogP contribution in [0.1, 0.15) is 19.8 Å². The van der Waals surface area contributed by atoms with Crippen molar-refractivity contribution in [2.75, 3.05) is 24.5 Å². The van der Waals surface area contributed by atoms with Gasteiger partial charge in [0.2, 0.25) is 5.95 Å². The molecule has 0 bridgehead atoms. The fourth-order valence-corrected chi connectivity index (χ4v) is 2.34. The second-order valence-electron chi connectivity index (χ2n) is 5.09. The van der Waals surface area contributed by atoms with Crippen LogP contribution in [0.3, 0.4) is 0 Å². The maximum absolute atomic E-state index is 12.1. The third-order valence-electron chi connectivity index (χ3n) is 3.51. The highest BCUT2D eigenvalue weighted by Crippen LogP contribution is 2.14. The Morgan fingerprint density at radius 3 is 2.57 bits per heavy atom. The number of anilines is 1. The molecule has 3 N–H and O–H groups in total. The molecular formula is C13H22N6O2. The monoisotopic (exact) mass is 294 g/mol. The lowest BCUT2D eigenvalue weighted by Gasteiger charge is -2.20. The minimum absolute atomic E-state index is 0.350. The van der Waals surface area contributed by atoms with Crippen LogP contribution in [0.15, 0.2) is 9.59 Å². The summed E-state index contributed by atoms with van der Waals surface area (Å²) >= 11 is 0. The van der Waals surface area contributed by atoms with Crippen LogP contribution in [0.2, 0.25) is 0 Å². The molecule has 0 saturated carbocycles. The van der Waals surface area contributed by atoms with Gasteiger partial charge in [0, 0.05) is 27.2 Å². The molecule has 2 rings (SSSR count). The molecule has 8 nitrogen and oxygen atoms in total. The van der Waals surface area contributed by atoms with Crippen LogP contribution in [0.4, 0.5) is 5.95 Å². The maximum atomic E-state index is 12.1. The first-order valence-corrected chi connectivity index (χ1v) is 7.12. The molecule has 2 heterocycles. The zero-order chi connectivity index (χ0) is 15.6. The number of hydrogen-bond acceptors (Lipinski definition) is 5. The van der Waals surface area contributed by atoms with Gasteiger partial charge in [-0.05, 0) is 19.4 Å². The van der Waals surface area contributed by atoms with Crippen LogP contribution in [-0.4, -0.2) is 38.7 Å². The SMILES string of the molecule is CCCN(CCCN)c1nc2c([nH]1)c(=O)n(C)c(=O)n2C. The molecule has 0 aromatic carbocycles. The van der Waals surface area contributed by atoms with Crippen molar-refractivity contribution in [3.63, 3.8) is 0 Å². The standard InChI is InChI=1S/C13H22N6O2/c1-4-7-19(8-5-6-14)12-15-9-10(16-12)17(2)13(21)18(3)11(9)20/h4-8,14H2,1-3H3,(H,15,16). The van der Waals surface area contributed by atoms with E-state index in [1.807, 2.05) is 0 Å². The summed E-state index contributed by atoms with van der Waals surface area (Å²) in [6.45, 7) is 4.25. The van der Waals surface area contributed by atoms with E-state index in [0.717, 1.165) is 30.5 Å². The lowest BCUT2D eigenvalue weighted by Crippen LogP contribution is -2.36. The number of nitrogens with one attached hydrogen (secondary N) is 1. The van der Waals surface area contributed by atoms with Crippen LogP contribution in [0.25, 0.3) is 11.2 Å². The highest BCUT2D eigenvalue weighted by atomic mass is 16.2. The highest BCUT2D eigenvalue weighted by Gasteiger charge is 2.16.